The van der Waals surface area contributed by atoms with Crippen LogP contribution in [0.4, 0.5) is 17.5 Å². The summed E-state index contributed by atoms with van der Waals surface area (Å²) in [6.45, 7) is 0. The van der Waals surface area contributed by atoms with Crippen LogP contribution in [0.1, 0.15) is 25.7 Å². The minimum absolute atomic E-state index is 0.317. The summed E-state index contributed by atoms with van der Waals surface area (Å²) in [5.74, 6) is 1.24. The van der Waals surface area contributed by atoms with Crippen molar-refractivity contribution in [3.63, 3.8) is 0 Å². The van der Waals surface area contributed by atoms with E-state index in [1.165, 1.54) is 0 Å². The Kier molecular flexibility index (Phi) is 5.07. The number of benzene rings is 1. The van der Waals surface area contributed by atoms with Crippen molar-refractivity contribution in [2.45, 2.75) is 37.8 Å². The molecule has 0 unspecified atom stereocenters. The molecule has 0 atom stereocenters. The van der Waals surface area contributed by atoms with E-state index >= 15 is 0 Å². The molecule has 0 saturated heterocycles. The Balaban J connectivity index is 1.54. The maximum Gasteiger partial charge on any atom is 0.227 e. The third-order valence-corrected chi connectivity index (χ3v) is 5.52. The number of hydrogen-bond donors (Lipinski definition) is 5. The molecule has 1 saturated carbocycles. The van der Waals surface area contributed by atoms with Gasteiger partial charge >= 0.3 is 0 Å². The molecule has 1 fully saturated rings. The van der Waals surface area contributed by atoms with Gasteiger partial charge in [0.25, 0.3) is 0 Å². The first-order chi connectivity index (χ1) is 12.7. The van der Waals surface area contributed by atoms with Crippen LogP contribution in [-0.4, -0.2) is 32.0 Å². The molecule has 0 aliphatic heterocycles. The highest BCUT2D eigenvalue weighted by Crippen LogP contribution is 2.24. The zero-order valence-corrected chi connectivity index (χ0v) is 16.3. The van der Waals surface area contributed by atoms with Gasteiger partial charge in [-0.1, -0.05) is 12.1 Å². The molecule has 2 heterocycles. The highest BCUT2D eigenvalue weighted by molar-refractivity contribution is 14.1. The van der Waals surface area contributed by atoms with Gasteiger partial charge in [0.05, 0.1) is 12.0 Å². The fourth-order valence-electron chi connectivity index (χ4n) is 3.12. The number of hydrazine groups is 1. The molecule has 1 aliphatic carbocycles. The van der Waals surface area contributed by atoms with Crippen LogP contribution in [0.2, 0.25) is 0 Å². The Morgan fingerprint density at radius 3 is 2.69 bits per heavy atom. The fourth-order valence-corrected chi connectivity index (χ4v) is 3.65. The second kappa shape index (κ2) is 7.62. The molecule has 0 bridgehead atoms. The van der Waals surface area contributed by atoms with Crippen LogP contribution in [0.25, 0.3) is 11.2 Å². The molecule has 9 heteroatoms. The summed E-state index contributed by atoms with van der Waals surface area (Å²) in [4.78, 5) is 16.5. The monoisotopic (exact) mass is 464 g/mol. The SMILES string of the molecule is NC1CCC(Nc2nc(NNc3ccccc3I)c3[nH]cnc3n2)CC1. The predicted molar refractivity (Wildman–Crippen MR) is 112 cm³/mol. The summed E-state index contributed by atoms with van der Waals surface area (Å²) in [6, 6.07) is 8.70. The molecule has 136 valence electrons. The maximum absolute atomic E-state index is 5.99. The summed E-state index contributed by atoms with van der Waals surface area (Å²) in [5, 5.41) is 3.43. The topological polar surface area (TPSA) is 117 Å². The van der Waals surface area contributed by atoms with Gasteiger partial charge in [-0.05, 0) is 60.4 Å². The van der Waals surface area contributed by atoms with Gasteiger partial charge in [0.2, 0.25) is 5.95 Å². The van der Waals surface area contributed by atoms with Crippen molar-refractivity contribution in [2.24, 2.45) is 5.73 Å². The second-order valence-electron chi connectivity index (χ2n) is 6.48. The number of nitrogens with one attached hydrogen (secondary N) is 4. The van der Waals surface area contributed by atoms with Crippen molar-refractivity contribution >= 4 is 51.2 Å². The number of aromatic nitrogens is 4. The van der Waals surface area contributed by atoms with E-state index < -0.39 is 0 Å². The molecule has 0 spiro atoms. The van der Waals surface area contributed by atoms with Crippen LogP contribution in [0.3, 0.4) is 0 Å². The first kappa shape index (κ1) is 17.3. The van der Waals surface area contributed by atoms with Crippen molar-refractivity contribution in [3.8, 4) is 0 Å². The minimum atomic E-state index is 0.317. The van der Waals surface area contributed by atoms with Gasteiger partial charge in [-0.2, -0.15) is 9.97 Å². The van der Waals surface area contributed by atoms with Crippen LogP contribution in [0.15, 0.2) is 30.6 Å². The van der Waals surface area contributed by atoms with Gasteiger partial charge in [0.1, 0.15) is 5.52 Å². The molecule has 6 N–H and O–H groups in total. The Hall–Kier alpha value is -2.14. The fraction of sp³-hybridized carbons (Fsp3) is 0.353. The number of nitrogens with zero attached hydrogens (tertiary/aromatic N) is 3. The van der Waals surface area contributed by atoms with E-state index in [0.717, 1.165) is 40.5 Å². The lowest BCUT2D eigenvalue weighted by Gasteiger charge is -2.26. The van der Waals surface area contributed by atoms with Crippen molar-refractivity contribution in [2.75, 3.05) is 16.2 Å². The number of rotatable bonds is 5. The maximum atomic E-state index is 5.99. The number of nitrogens with two attached hydrogens (primary N) is 1. The average Bonchev–Trinajstić information content (AvgIpc) is 3.11. The summed E-state index contributed by atoms with van der Waals surface area (Å²) in [7, 11) is 0. The lowest BCUT2D eigenvalue weighted by atomic mass is 9.92. The molecule has 26 heavy (non-hydrogen) atoms. The van der Waals surface area contributed by atoms with Gasteiger partial charge < -0.3 is 16.0 Å². The Labute approximate surface area is 164 Å². The third kappa shape index (κ3) is 3.83. The van der Waals surface area contributed by atoms with Gasteiger partial charge in [-0.25, -0.2) is 4.98 Å². The van der Waals surface area contributed by atoms with E-state index in [1.807, 2.05) is 24.3 Å². The van der Waals surface area contributed by atoms with E-state index in [-0.39, 0.29) is 0 Å². The molecular weight excluding hydrogens is 443 g/mol. The largest absolute Gasteiger partial charge is 0.351 e. The molecule has 1 aliphatic rings. The summed E-state index contributed by atoms with van der Waals surface area (Å²) < 4.78 is 1.12. The van der Waals surface area contributed by atoms with Gasteiger partial charge in [-0.15, -0.1) is 0 Å². The predicted octanol–water partition coefficient (Wildman–Crippen LogP) is 3.08. The first-order valence-corrected chi connectivity index (χ1v) is 9.76. The van der Waals surface area contributed by atoms with Crippen LogP contribution in [0.5, 0.6) is 0 Å². The van der Waals surface area contributed by atoms with Crippen LogP contribution in [0, 0.1) is 3.57 Å². The summed E-state index contributed by atoms with van der Waals surface area (Å²) in [6.07, 6.45) is 5.75. The number of anilines is 3. The van der Waals surface area contributed by atoms with E-state index in [2.05, 4.69) is 58.7 Å². The zero-order chi connectivity index (χ0) is 17.9. The number of hydrogen-bond acceptors (Lipinski definition) is 7. The van der Waals surface area contributed by atoms with E-state index in [1.54, 1.807) is 6.33 Å². The number of fused-ring (bicyclic) bond motifs is 1. The number of H-pyrrole nitrogens is 1. The van der Waals surface area contributed by atoms with Gasteiger partial charge in [0, 0.05) is 15.7 Å². The van der Waals surface area contributed by atoms with E-state index in [4.69, 9.17) is 5.73 Å². The molecular formula is C17H21IN8. The quantitative estimate of drug-likeness (QED) is 0.291. The van der Waals surface area contributed by atoms with E-state index in [0.29, 0.717) is 29.5 Å². The Morgan fingerprint density at radius 2 is 1.88 bits per heavy atom. The standard InChI is InChI=1S/C17H21IN8/c18-12-3-1-2-4-13(12)25-26-16-14-15(21-9-20-14)23-17(24-16)22-11-7-5-10(19)6-8-11/h1-4,9-11,25H,5-8,19H2,(H3,20,21,22,23,24,26). The summed E-state index contributed by atoms with van der Waals surface area (Å²) in [5.41, 5.74) is 14.7. The molecule has 0 amide bonds. The van der Waals surface area contributed by atoms with Crippen molar-refractivity contribution < 1.29 is 0 Å². The van der Waals surface area contributed by atoms with Gasteiger partial charge in [-0.3, -0.25) is 10.9 Å². The van der Waals surface area contributed by atoms with Gasteiger partial charge in [0.15, 0.2) is 11.5 Å². The smallest absolute Gasteiger partial charge is 0.227 e. The van der Waals surface area contributed by atoms with Crippen molar-refractivity contribution in [3.05, 3.63) is 34.2 Å². The number of aromatic amines is 1. The normalized spacial score (nSPS) is 20.1. The molecule has 0 radical (unpaired) electrons. The Bertz CT molecular complexity index is 887. The second-order valence-corrected chi connectivity index (χ2v) is 7.65. The number of imidazole rings is 1. The first-order valence-electron chi connectivity index (χ1n) is 8.69. The van der Waals surface area contributed by atoms with Crippen LogP contribution < -0.4 is 21.9 Å². The Morgan fingerprint density at radius 1 is 1.08 bits per heavy atom. The average molecular weight is 464 g/mol. The molecule has 3 aromatic rings. The van der Waals surface area contributed by atoms with Crippen LogP contribution in [-0.2, 0) is 0 Å². The lowest BCUT2D eigenvalue weighted by molar-refractivity contribution is 0.410. The molecule has 4 rings (SSSR count). The minimum Gasteiger partial charge on any atom is -0.351 e. The molecule has 2 aromatic heterocycles. The van der Waals surface area contributed by atoms with Crippen molar-refractivity contribution in [1.82, 2.24) is 19.9 Å². The molecule has 1 aromatic carbocycles. The highest BCUT2D eigenvalue weighted by atomic mass is 127. The molecule has 8 nitrogen and oxygen atoms in total. The lowest BCUT2D eigenvalue weighted by Crippen LogP contribution is -2.33. The van der Waals surface area contributed by atoms with E-state index in [9.17, 15) is 0 Å². The third-order valence-electron chi connectivity index (χ3n) is 4.58. The zero-order valence-electron chi connectivity index (χ0n) is 14.2. The number of halogens is 1. The number of para-hydroxylation sites is 1. The highest BCUT2D eigenvalue weighted by Gasteiger charge is 2.20. The summed E-state index contributed by atoms with van der Waals surface area (Å²) >= 11 is 2.29. The van der Waals surface area contributed by atoms with Crippen molar-refractivity contribution in [1.29, 1.82) is 0 Å². The van der Waals surface area contributed by atoms with Crippen LogP contribution >= 0.6 is 22.6 Å².